The van der Waals surface area contributed by atoms with E-state index in [0.29, 0.717) is 40.9 Å². The van der Waals surface area contributed by atoms with Crippen LogP contribution >= 0.6 is 0 Å². The smallest absolute Gasteiger partial charge is 0.339 e. The number of sulfone groups is 1. The highest BCUT2D eigenvalue weighted by Crippen LogP contribution is 2.48. The molecule has 2 heterocycles. The predicted molar refractivity (Wildman–Crippen MR) is 119 cm³/mol. The average Bonchev–Trinajstić information content (AvgIpc) is 3.53. The minimum absolute atomic E-state index is 0.149. The van der Waals surface area contributed by atoms with Gasteiger partial charge in [0, 0.05) is 25.5 Å². The second kappa shape index (κ2) is 9.15. The van der Waals surface area contributed by atoms with Crippen molar-refractivity contribution in [3.63, 3.8) is 0 Å². The van der Waals surface area contributed by atoms with Crippen LogP contribution in [-0.2, 0) is 21.2 Å². The largest absolute Gasteiger partial charge is 0.478 e. The lowest BCUT2D eigenvalue weighted by Gasteiger charge is -2.32. The van der Waals surface area contributed by atoms with Crippen LogP contribution in [0.1, 0.15) is 40.9 Å². The van der Waals surface area contributed by atoms with Gasteiger partial charge in [-0.3, -0.25) is 0 Å². The monoisotopic (exact) mass is 459 g/mol. The number of aromatic nitrogens is 2. The van der Waals surface area contributed by atoms with Crippen molar-refractivity contribution in [3.05, 3.63) is 47.3 Å². The Kier molecular flexibility index (Phi) is 6.48. The third kappa shape index (κ3) is 5.27. The molecule has 172 valence electrons. The standard InChI is InChI=1S/C23H29N3O5S/c1-15-21(22(27)28)12-24-23(25-15)26-9-7-17(8-10-26)20-11-18(20)14-31-13-16-3-5-19(6-4-16)32(2,29)30/h3-6,12,17-18,20H,7-11,13-14H2,1-2H3,(H,27,28)/t18-,20+/m0/s1. The van der Waals surface area contributed by atoms with Crippen molar-refractivity contribution in [1.29, 1.82) is 0 Å². The Morgan fingerprint density at radius 1 is 1.22 bits per heavy atom. The van der Waals surface area contributed by atoms with Crippen LogP contribution in [-0.4, -0.2) is 55.4 Å². The Bertz CT molecular complexity index is 1080. The fraction of sp³-hybridized carbons (Fsp3) is 0.522. The summed E-state index contributed by atoms with van der Waals surface area (Å²) in [6.45, 7) is 4.70. The number of hydrogen-bond acceptors (Lipinski definition) is 7. The molecule has 0 amide bonds. The number of piperidine rings is 1. The first kappa shape index (κ1) is 22.7. The second-order valence-corrected chi connectivity index (χ2v) is 10.9. The number of nitrogens with zero attached hydrogens (tertiary/aromatic N) is 3. The fourth-order valence-corrected chi connectivity index (χ4v) is 5.18. The molecule has 9 heteroatoms. The SMILES string of the molecule is Cc1nc(N2CCC([C@H]3C[C@H]3COCc3ccc(S(C)(=O)=O)cc3)CC2)ncc1C(=O)O. The molecular weight excluding hydrogens is 430 g/mol. The molecule has 0 spiro atoms. The summed E-state index contributed by atoms with van der Waals surface area (Å²) in [6, 6.07) is 6.87. The quantitative estimate of drug-likeness (QED) is 0.642. The molecule has 1 aromatic carbocycles. The summed E-state index contributed by atoms with van der Waals surface area (Å²) in [5.74, 6) is 1.58. The van der Waals surface area contributed by atoms with E-state index in [0.717, 1.165) is 38.1 Å². The van der Waals surface area contributed by atoms with Crippen LogP contribution in [0.5, 0.6) is 0 Å². The van der Waals surface area contributed by atoms with Crippen LogP contribution in [0.15, 0.2) is 35.4 Å². The van der Waals surface area contributed by atoms with Gasteiger partial charge in [0.2, 0.25) is 5.95 Å². The number of ether oxygens (including phenoxy) is 1. The molecule has 0 radical (unpaired) electrons. The van der Waals surface area contributed by atoms with Gasteiger partial charge in [0.05, 0.1) is 29.4 Å². The lowest BCUT2D eigenvalue weighted by Crippen LogP contribution is -2.36. The van der Waals surface area contributed by atoms with Crippen molar-refractivity contribution in [2.45, 2.75) is 37.7 Å². The van der Waals surface area contributed by atoms with Crippen molar-refractivity contribution in [2.24, 2.45) is 17.8 Å². The Balaban J connectivity index is 1.20. The van der Waals surface area contributed by atoms with E-state index in [1.165, 1.54) is 18.9 Å². The second-order valence-electron chi connectivity index (χ2n) is 8.89. The summed E-state index contributed by atoms with van der Waals surface area (Å²) in [5.41, 5.74) is 1.62. The van der Waals surface area contributed by atoms with Gasteiger partial charge in [-0.2, -0.15) is 0 Å². The summed E-state index contributed by atoms with van der Waals surface area (Å²) in [5, 5.41) is 9.14. The summed E-state index contributed by atoms with van der Waals surface area (Å²) >= 11 is 0. The highest BCUT2D eigenvalue weighted by Gasteiger charge is 2.43. The molecular formula is C23H29N3O5S. The molecule has 1 N–H and O–H groups in total. The lowest BCUT2D eigenvalue weighted by atomic mass is 9.91. The highest BCUT2D eigenvalue weighted by atomic mass is 32.2. The van der Waals surface area contributed by atoms with E-state index in [1.807, 2.05) is 12.1 Å². The van der Waals surface area contributed by atoms with E-state index >= 15 is 0 Å². The number of carboxylic acids is 1. The zero-order valence-corrected chi connectivity index (χ0v) is 19.2. The number of hydrogen-bond donors (Lipinski definition) is 1. The van der Waals surface area contributed by atoms with Gasteiger partial charge >= 0.3 is 5.97 Å². The van der Waals surface area contributed by atoms with E-state index in [2.05, 4.69) is 14.9 Å². The molecule has 0 bridgehead atoms. The van der Waals surface area contributed by atoms with Gasteiger partial charge in [0.15, 0.2) is 9.84 Å². The number of rotatable bonds is 8. The van der Waals surface area contributed by atoms with Crippen LogP contribution in [0.25, 0.3) is 0 Å². The predicted octanol–water partition coefficient (Wildman–Crippen LogP) is 2.96. The highest BCUT2D eigenvalue weighted by molar-refractivity contribution is 7.90. The maximum atomic E-state index is 11.5. The maximum absolute atomic E-state index is 11.5. The van der Waals surface area contributed by atoms with E-state index < -0.39 is 15.8 Å². The van der Waals surface area contributed by atoms with Crippen LogP contribution < -0.4 is 4.90 Å². The van der Waals surface area contributed by atoms with Gasteiger partial charge in [0.1, 0.15) is 0 Å². The first-order valence-electron chi connectivity index (χ1n) is 10.9. The number of carbonyl (C=O) groups is 1. The normalized spacial score (nSPS) is 21.5. The molecule has 2 aliphatic rings. The molecule has 2 fully saturated rings. The first-order valence-corrected chi connectivity index (χ1v) is 12.8. The van der Waals surface area contributed by atoms with Crippen molar-refractivity contribution < 1.29 is 23.1 Å². The maximum Gasteiger partial charge on any atom is 0.339 e. The molecule has 1 saturated heterocycles. The minimum Gasteiger partial charge on any atom is -0.478 e. The topological polar surface area (TPSA) is 110 Å². The molecule has 0 unspecified atom stereocenters. The fourth-order valence-electron chi connectivity index (χ4n) is 4.55. The van der Waals surface area contributed by atoms with Gasteiger partial charge in [-0.15, -0.1) is 0 Å². The van der Waals surface area contributed by atoms with Gasteiger partial charge in [-0.1, -0.05) is 12.1 Å². The molecule has 4 rings (SSSR count). The Hall–Kier alpha value is -2.52. The van der Waals surface area contributed by atoms with Gasteiger partial charge in [0.25, 0.3) is 0 Å². The number of benzene rings is 1. The number of aromatic carboxylic acids is 1. The van der Waals surface area contributed by atoms with Crippen molar-refractivity contribution >= 4 is 21.8 Å². The molecule has 2 atom stereocenters. The molecule has 8 nitrogen and oxygen atoms in total. The number of carboxylic acid groups (broad SMARTS) is 1. The summed E-state index contributed by atoms with van der Waals surface area (Å²) in [4.78, 5) is 22.3. The molecule has 32 heavy (non-hydrogen) atoms. The first-order chi connectivity index (χ1) is 15.2. The van der Waals surface area contributed by atoms with Crippen LogP contribution in [0.2, 0.25) is 0 Å². The van der Waals surface area contributed by atoms with Crippen LogP contribution in [0.4, 0.5) is 5.95 Å². The number of anilines is 1. The van der Waals surface area contributed by atoms with E-state index in [1.54, 1.807) is 19.1 Å². The van der Waals surface area contributed by atoms with E-state index in [-0.39, 0.29) is 5.56 Å². The van der Waals surface area contributed by atoms with Crippen molar-refractivity contribution in [1.82, 2.24) is 9.97 Å². The van der Waals surface area contributed by atoms with Gasteiger partial charge < -0.3 is 14.7 Å². The van der Waals surface area contributed by atoms with Crippen LogP contribution in [0, 0.1) is 24.7 Å². The van der Waals surface area contributed by atoms with Crippen molar-refractivity contribution in [3.8, 4) is 0 Å². The van der Waals surface area contributed by atoms with E-state index in [4.69, 9.17) is 9.84 Å². The summed E-state index contributed by atoms with van der Waals surface area (Å²) in [7, 11) is -3.17. The number of aryl methyl sites for hydroxylation is 1. The molecule has 1 aromatic heterocycles. The Morgan fingerprint density at radius 3 is 2.50 bits per heavy atom. The third-order valence-electron chi connectivity index (χ3n) is 6.55. The Morgan fingerprint density at radius 2 is 1.91 bits per heavy atom. The molecule has 1 saturated carbocycles. The minimum atomic E-state index is -3.17. The molecule has 2 aromatic rings. The lowest BCUT2D eigenvalue weighted by molar-refractivity contribution is 0.0695. The van der Waals surface area contributed by atoms with Crippen LogP contribution in [0.3, 0.4) is 0 Å². The average molecular weight is 460 g/mol. The van der Waals surface area contributed by atoms with Gasteiger partial charge in [-0.05, 0) is 61.6 Å². The Labute approximate surface area is 188 Å². The van der Waals surface area contributed by atoms with Crippen molar-refractivity contribution in [2.75, 3.05) is 30.9 Å². The summed E-state index contributed by atoms with van der Waals surface area (Å²) < 4.78 is 29.0. The molecule has 1 aliphatic carbocycles. The van der Waals surface area contributed by atoms with E-state index in [9.17, 15) is 13.2 Å². The summed E-state index contributed by atoms with van der Waals surface area (Å²) in [6.07, 6.45) is 5.96. The third-order valence-corrected chi connectivity index (χ3v) is 7.68. The zero-order chi connectivity index (χ0) is 22.9. The zero-order valence-electron chi connectivity index (χ0n) is 18.4. The van der Waals surface area contributed by atoms with Gasteiger partial charge in [-0.25, -0.2) is 23.2 Å². The molecule has 1 aliphatic heterocycles.